The number of rotatable bonds is 32. The van der Waals surface area contributed by atoms with Crippen LogP contribution in [0.4, 0.5) is 8.78 Å². The number of nitrogens with two attached hydrogens (primary N) is 2. The van der Waals surface area contributed by atoms with Gasteiger partial charge in [0.15, 0.2) is 0 Å². The summed E-state index contributed by atoms with van der Waals surface area (Å²) in [6.45, 7) is 13.6. The molecule has 29 heteroatoms. The summed E-state index contributed by atoms with van der Waals surface area (Å²) in [5.74, 6) is -15.3. The van der Waals surface area contributed by atoms with Gasteiger partial charge in [-0.1, -0.05) is 136 Å². The summed E-state index contributed by atoms with van der Waals surface area (Å²) in [5.41, 5.74) is 12.7. The van der Waals surface area contributed by atoms with Crippen LogP contribution in [0.1, 0.15) is 126 Å². The van der Waals surface area contributed by atoms with Gasteiger partial charge >= 0.3 is 5.97 Å². The number of hydrogen-bond acceptors (Lipinski definition) is 16. The third-order valence-electron chi connectivity index (χ3n) is 17.4. The normalized spacial score (nSPS) is 22.8. The second kappa shape index (κ2) is 35.6. The fourth-order valence-electron chi connectivity index (χ4n) is 10.3. The number of hydrogen-bond donors (Lipinski definition) is 14. The van der Waals surface area contributed by atoms with E-state index in [2.05, 4.69) is 53.2 Å². The number of benzene rings is 2. The lowest BCUT2D eigenvalue weighted by molar-refractivity contribution is -0.157. The van der Waals surface area contributed by atoms with Crippen LogP contribution >= 0.6 is 0 Å². The van der Waals surface area contributed by atoms with Crippen molar-refractivity contribution in [2.75, 3.05) is 13.2 Å². The van der Waals surface area contributed by atoms with Crippen LogP contribution in [0.15, 0.2) is 54.6 Å². The molecule has 2 fully saturated rings. The van der Waals surface area contributed by atoms with Crippen LogP contribution in [0.5, 0.6) is 0 Å². The first-order chi connectivity index (χ1) is 43.4. The van der Waals surface area contributed by atoms with E-state index in [9.17, 15) is 76.5 Å². The first-order valence-corrected chi connectivity index (χ1v) is 31.3. The first kappa shape index (κ1) is 76.3. The Hall–Kier alpha value is -8.18. The molecule has 17 atom stereocenters. The van der Waals surface area contributed by atoms with Gasteiger partial charge in [-0.15, -0.1) is 0 Å². The molecule has 11 amide bonds. The second-order valence-electron chi connectivity index (χ2n) is 24.2. The average molecular weight is 1300 g/mol. The van der Waals surface area contributed by atoms with Crippen molar-refractivity contribution in [3.05, 3.63) is 60.2 Å². The number of ether oxygens (including phenoxy) is 1. The number of primary amides is 1. The van der Waals surface area contributed by atoms with Gasteiger partial charge in [0.05, 0.1) is 19.3 Å². The van der Waals surface area contributed by atoms with E-state index in [1.807, 2.05) is 54.6 Å². The van der Waals surface area contributed by atoms with E-state index in [-0.39, 0.29) is 25.7 Å². The molecule has 2 aromatic carbocycles. The SMILES string of the molecule is CC[C@H](C)[C@H](NC(=O)[C@H](N)Cc1ccc(-c2ccccc2)cc1)C(=O)N[C@@H](CO)C(=O)N[C@H](CCC(N)=O)C(=O)N[C@@H](C(=O)N[C@H](C(=O)N[C@@H](CO)C(=O)N[C@H]1C(=O)N[C@@H](C)C(=O)NC2(CC2CC(F)F)C(=O)N[C@@H]([C@@H](C)CC)C(=O)O[C@H]1C)[C@@H](C)CC)[C@@H](C)CC. The first-order valence-electron chi connectivity index (χ1n) is 31.3. The van der Waals surface area contributed by atoms with Crippen molar-refractivity contribution < 1.29 is 81.3 Å². The lowest BCUT2D eigenvalue weighted by Crippen LogP contribution is -2.63. The largest absolute Gasteiger partial charge is 0.458 e. The highest BCUT2D eigenvalue weighted by atomic mass is 19.3. The van der Waals surface area contributed by atoms with Crippen LogP contribution in [-0.2, 0) is 68.7 Å². The van der Waals surface area contributed by atoms with Crippen LogP contribution in [0.25, 0.3) is 11.1 Å². The summed E-state index contributed by atoms with van der Waals surface area (Å²) in [4.78, 5) is 166. The lowest BCUT2D eigenvalue weighted by Gasteiger charge is -2.31. The average Bonchev–Trinajstić information content (AvgIpc) is 1.58. The van der Waals surface area contributed by atoms with Crippen molar-refractivity contribution in [1.82, 2.24) is 53.2 Å². The van der Waals surface area contributed by atoms with Crippen LogP contribution < -0.4 is 64.6 Å². The lowest BCUT2D eigenvalue weighted by atomic mass is 9.94. The van der Waals surface area contributed by atoms with Gasteiger partial charge in [0.2, 0.25) is 71.4 Å². The standard InChI is InChI=1S/C63H94F2N12O15/c1-11-31(5)47(72-53(82)41(66)26-37-20-22-39(23-21-37)38-18-16-15-17-19-38)57(86)70-43(29-78)55(84)69-42(24-25-46(67)80)54(83)73-49(33(7)13-3)59(88)74-48(32(6)12-2)58(87)71-44(30-79)56(85)75-51-36(10)92-61(90)50(34(8)14-4)76-62(91)63(28-40(63)27-45(64)65)77-52(81)35(9)68-60(51)89/h15-23,31-36,40-45,47-51,78-79H,11-14,24-30,66H2,1-10H3,(H2,67,80)(H,68,89)(H,69,84)(H,70,86)(H,71,87)(H,72,82)(H,73,83)(H,74,88)(H,75,85)(H,76,91)(H,77,81)/t31-,32-,33-,34-,35-,36-,40?,41+,42+,43-,44-,47-,48-,49+,50-,51+,63?/m0/s1. The highest BCUT2D eigenvalue weighted by Gasteiger charge is 2.62. The minimum absolute atomic E-state index is 0.121. The van der Waals surface area contributed by atoms with Gasteiger partial charge in [-0.05, 0) is 79.4 Å². The Morgan fingerprint density at radius 2 is 1.11 bits per heavy atom. The van der Waals surface area contributed by atoms with Gasteiger partial charge in [0, 0.05) is 12.8 Å². The number of aliphatic hydroxyl groups is 2. The molecule has 2 aromatic rings. The Kier molecular flexibility index (Phi) is 29.5. The van der Waals surface area contributed by atoms with E-state index in [4.69, 9.17) is 16.2 Å². The number of cyclic esters (lactones) is 1. The molecule has 1 heterocycles. The summed E-state index contributed by atoms with van der Waals surface area (Å²) in [7, 11) is 0. The number of amides is 11. The van der Waals surface area contributed by atoms with Gasteiger partial charge in [0.1, 0.15) is 66.0 Å². The Balaban J connectivity index is 1.50. The molecule has 16 N–H and O–H groups in total. The Morgan fingerprint density at radius 1 is 0.630 bits per heavy atom. The maximum Gasteiger partial charge on any atom is 0.329 e. The topological polar surface area (TPSA) is 427 Å². The molecule has 0 radical (unpaired) electrons. The molecule has 4 rings (SSSR count). The molecule has 0 aromatic heterocycles. The van der Waals surface area contributed by atoms with E-state index in [1.54, 1.807) is 55.4 Å². The highest BCUT2D eigenvalue weighted by molar-refractivity contribution is 6.01. The highest BCUT2D eigenvalue weighted by Crippen LogP contribution is 2.48. The minimum atomic E-state index is -2.83. The van der Waals surface area contributed by atoms with E-state index in [1.165, 1.54) is 13.8 Å². The zero-order valence-corrected chi connectivity index (χ0v) is 53.9. The smallest absolute Gasteiger partial charge is 0.329 e. The quantitative estimate of drug-likeness (QED) is 0.0411. The maximum atomic E-state index is 14.4. The van der Waals surface area contributed by atoms with Crippen LogP contribution in [0.2, 0.25) is 0 Å². The fraction of sp³-hybridized carbons (Fsp3) is 0.619. The van der Waals surface area contributed by atoms with Crippen molar-refractivity contribution in [3.63, 3.8) is 0 Å². The minimum Gasteiger partial charge on any atom is -0.458 e. The fourth-order valence-corrected chi connectivity index (χ4v) is 10.3. The molecule has 1 spiro atoms. The van der Waals surface area contributed by atoms with Crippen molar-refractivity contribution >= 4 is 70.9 Å². The van der Waals surface area contributed by atoms with Gasteiger partial charge in [0.25, 0.3) is 0 Å². The van der Waals surface area contributed by atoms with Crippen LogP contribution in [-0.4, -0.2) is 173 Å². The van der Waals surface area contributed by atoms with Gasteiger partial charge in [-0.25, -0.2) is 13.6 Å². The summed E-state index contributed by atoms with van der Waals surface area (Å²) < 4.78 is 32.8. The number of esters is 1. The zero-order chi connectivity index (χ0) is 68.9. The van der Waals surface area contributed by atoms with E-state index >= 15 is 0 Å². The molecular formula is C63H94F2N12O15. The van der Waals surface area contributed by atoms with Crippen LogP contribution in [0, 0.1) is 29.6 Å². The number of nitrogens with one attached hydrogen (secondary N) is 10. The molecule has 1 aliphatic carbocycles. The third-order valence-corrected chi connectivity index (χ3v) is 17.4. The predicted octanol–water partition coefficient (Wildman–Crippen LogP) is -0.484. The molecule has 1 saturated carbocycles. The van der Waals surface area contributed by atoms with Crippen LogP contribution in [0.3, 0.4) is 0 Å². The Morgan fingerprint density at radius 3 is 1.61 bits per heavy atom. The van der Waals surface area contributed by atoms with Crippen molar-refractivity contribution in [3.8, 4) is 11.1 Å². The second-order valence-corrected chi connectivity index (χ2v) is 24.2. The summed E-state index contributed by atoms with van der Waals surface area (Å²) in [6, 6.07) is 1.88. The summed E-state index contributed by atoms with van der Waals surface area (Å²) in [6.07, 6.45) is -4.98. The molecular weight excluding hydrogens is 1200 g/mol. The third kappa shape index (κ3) is 21.2. The Labute approximate surface area is 534 Å². The predicted molar refractivity (Wildman–Crippen MR) is 332 cm³/mol. The van der Waals surface area contributed by atoms with Gasteiger partial charge in [-0.3, -0.25) is 52.7 Å². The van der Waals surface area contributed by atoms with Crippen molar-refractivity contribution in [2.24, 2.45) is 41.1 Å². The van der Waals surface area contributed by atoms with E-state index < -0.39 is 212 Å². The van der Waals surface area contributed by atoms with Gasteiger partial charge in [-0.2, -0.15) is 0 Å². The number of alkyl halides is 2. The van der Waals surface area contributed by atoms with E-state index in [0.717, 1.165) is 16.7 Å². The zero-order valence-electron chi connectivity index (χ0n) is 53.9. The number of halogens is 2. The molecule has 92 heavy (non-hydrogen) atoms. The summed E-state index contributed by atoms with van der Waals surface area (Å²) in [5, 5.41) is 45.8. The van der Waals surface area contributed by atoms with Crippen molar-refractivity contribution in [1.29, 1.82) is 0 Å². The van der Waals surface area contributed by atoms with Gasteiger partial charge < -0.3 is 79.6 Å². The Bertz CT molecular complexity index is 2910. The number of aliphatic hydroxyl groups excluding tert-OH is 2. The monoisotopic (exact) mass is 1300 g/mol. The number of carbonyl (C=O) groups is 12. The maximum absolute atomic E-state index is 14.4. The molecule has 27 nitrogen and oxygen atoms in total. The molecule has 0 bridgehead atoms. The molecule has 2 aliphatic rings. The van der Waals surface area contributed by atoms with E-state index in [0.29, 0.717) is 12.8 Å². The van der Waals surface area contributed by atoms with Crippen molar-refractivity contribution in [2.45, 2.75) is 206 Å². The molecule has 510 valence electrons. The molecule has 1 saturated heterocycles. The molecule has 2 unspecified atom stereocenters. The summed E-state index contributed by atoms with van der Waals surface area (Å²) >= 11 is 0. The molecule has 1 aliphatic heterocycles. The number of carbonyl (C=O) groups excluding carboxylic acids is 12.